The highest BCUT2D eigenvalue weighted by Crippen LogP contribution is 2.37. The summed E-state index contributed by atoms with van der Waals surface area (Å²) in [5.74, 6) is 0. The summed E-state index contributed by atoms with van der Waals surface area (Å²) in [5, 5.41) is 0. The van der Waals surface area contributed by atoms with Gasteiger partial charge in [0.25, 0.3) is 0 Å². The molecule has 3 fully saturated rings. The third-order valence-electron chi connectivity index (χ3n) is 5.56. The molecule has 0 amide bonds. The van der Waals surface area contributed by atoms with Crippen LogP contribution < -0.4 is 0 Å². The molecule has 1 aliphatic carbocycles. The summed E-state index contributed by atoms with van der Waals surface area (Å²) in [5.41, 5.74) is 0.520. The lowest BCUT2D eigenvalue weighted by Gasteiger charge is -2.53. The highest BCUT2D eigenvalue weighted by atomic mass is 15.3. The van der Waals surface area contributed by atoms with Crippen molar-refractivity contribution in [1.82, 2.24) is 9.80 Å². The molecule has 2 atom stereocenters. The minimum Gasteiger partial charge on any atom is -0.298 e. The fourth-order valence-electron chi connectivity index (χ4n) is 4.54. The van der Waals surface area contributed by atoms with Gasteiger partial charge in [-0.2, -0.15) is 0 Å². The van der Waals surface area contributed by atoms with Crippen molar-refractivity contribution in [2.45, 2.75) is 76.4 Å². The molecule has 0 radical (unpaired) electrons. The molecule has 2 unspecified atom stereocenters. The van der Waals surface area contributed by atoms with E-state index in [0.29, 0.717) is 5.54 Å². The van der Waals surface area contributed by atoms with Gasteiger partial charge in [-0.15, -0.1) is 0 Å². The first-order valence-electron chi connectivity index (χ1n) is 7.70. The van der Waals surface area contributed by atoms with Gasteiger partial charge in [-0.05, 0) is 46.1 Å². The van der Waals surface area contributed by atoms with Crippen molar-refractivity contribution in [3.63, 3.8) is 0 Å². The zero-order chi connectivity index (χ0) is 11.9. The molecule has 0 aromatic carbocycles. The van der Waals surface area contributed by atoms with Crippen molar-refractivity contribution in [2.24, 2.45) is 0 Å². The minimum absolute atomic E-state index is 0.520. The lowest BCUT2D eigenvalue weighted by atomic mass is 9.80. The molecule has 98 valence electrons. The molecule has 0 aromatic heterocycles. The van der Waals surface area contributed by atoms with Crippen molar-refractivity contribution >= 4 is 0 Å². The molecule has 2 saturated heterocycles. The average molecular weight is 236 g/mol. The second kappa shape index (κ2) is 4.55. The monoisotopic (exact) mass is 236 g/mol. The van der Waals surface area contributed by atoms with Crippen LogP contribution in [-0.4, -0.2) is 47.1 Å². The van der Waals surface area contributed by atoms with Crippen molar-refractivity contribution in [2.75, 3.05) is 19.6 Å². The van der Waals surface area contributed by atoms with Gasteiger partial charge in [-0.3, -0.25) is 9.80 Å². The average Bonchev–Trinajstić information content (AvgIpc) is 2.76. The molecule has 0 aromatic rings. The minimum atomic E-state index is 0.520. The van der Waals surface area contributed by atoms with Crippen LogP contribution in [0.15, 0.2) is 0 Å². The van der Waals surface area contributed by atoms with Gasteiger partial charge < -0.3 is 0 Å². The van der Waals surface area contributed by atoms with Gasteiger partial charge in [0.05, 0.1) is 0 Å². The number of hydrogen-bond donors (Lipinski definition) is 0. The Balaban J connectivity index is 1.73. The Morgan fingerprint density at radius 2 is 1.76 bits per heavy atom. The van der Waals surface area contributed by atoms with Crippen LogP contribution in [0.3, 0.4) is 0 Å². The zero-order valence-corrected chi connectivity index (χ0v) is 11.6. The van der Waals surface area contributed by atoms with Gasteiger partial charge in [0.2, 0.25) is 0 Å². The first kappa shape index (κ1) is 12.0. The molecule has 2 nitrogen and oxygen atoms in total. The van der Waals surface area contributed by atoms with Crippen LogP contribution in [0, 0.1) is 0 Å². The molecule has 2 aliphatic heterocycles. The van der Waals surface area contributed by atoms with E-state index in [9.17, 15) is 0 Å². The second-order valence-corrected chi connectivity index (χ2v) is 6.85. The number of fused-ring (bicyclic) bond motifs is 1. The Morgan fingerprint density at radius 1 is 1.00 bits per heavy atom. The Morgan fingerprint density at radius 3 is 2.53 bits per heavy atom. The van der Waals surface area contributed by atoms with Crippen molar-refractivity contribution in [3.05, 3.63) is 0 Å². The normalized spacial score (nSPS) is 39.2. The van der Waals surface area contributed by atoms with E-state index in [0.717, 1.165) is 12.1 Å². The smallest absolute Gasteiger partial charge is 0.0224 e. The van der Waals surface area contributed by atoms with E-state index in [4.69, 9.17) is 0 Å². The van der Waals surface area contributed by atoms with E-state index in [1.54, 1.807) is 0 Å². The van der Waals surface area contributed by atoms with E-state index in [2.05, 4.69) is 23.6 Å². The Kier molecular flexibility index (Phi) is 3.20. The summed E-state index contributed by atoms with van der Waals surface area (Å²) in [7, 11) is 0. The highest BCUT2D eigenvalue weighted by Gasteiger charge is 2.42. The second-order valence-electron chi connectivity index (χ2n) is 6.85. The summed E-state index contributed by atoms with van der Waals surface area (Å²) in [6.45, 7) is 9.01. The maximum atomic E-state index is 2.87. The van der Waals surface area contributed by atoms with Gasteiger partial charge in [-0.1, -0.05) is 19.3 Å². The molecular formula is C15H28N2. The maximum absolute atomic E-state index is 2.87. The Labute approximate surface area is 106 Å². The molecule has 1 saturated carbocycles. The van der Waals surface area contributed by atoms with E-state index in [1.807, 2.05) is 0 Å². The number of nitrogens with zero attached hydrogens (tertiary/aromatic N) is 2. The first-order valence-corrected chi connectivity index (χ1v) is 7.70. The molecule has 2 heteroatoms. The Bertz CT molecular complexity index is 270. The zero-order valence-electron chi connectivity index (χ0n) is 11.6. The third kappa shape index (κ3) is 2.15. The predicted molar refractivity (Wildman–Crippen MR) is 72.3 cm³/mol. The quantitative estimate of drug-likeness (QED) is 0.691. The fourth-order valence-corrected chi connectivity index (χ4v) is 4.54. The Hall–Kier alpha value is -0.0800. The fraction of sp³-hybridized carbons (Fsp3) is 1.00. The van der Waals surface area contributed by atoms with Gasteiger partial charge in [0.1, 0.15) is 0 Å². The van der Waals surface area contributed by atoms with Crippen molar-refractivity contribution in [3.8, 4) is 0 Å². The van der Waals surface area contributed by atoms with Crippen molar-refractivity contribution < 1.29 is 0 Å². The summed E-state index contributed by atoms with van der Waals surface area (Å²) in [6, 6.07) is 1.65. The molecule has 17 heavy (non-hydrogen) atoms. The SMILES string of the molecule is CC1CN2CCCC2CN1C1(C)CCCCC1. The summed E-state index contributed by atoms with van der Waals surface area (Å²) in [4.78, 5) is 5.62. The van der Waals surface area contributed by atoms with E-state index >= 15 is 0 Å². The number of hydrogen-bond acceptors (Lipinski definition) is 2. The molecule has 0 N–H and O–H groups in total. The first-order chi connectivity index (χ1) is 8.19. The van der Waals surface area contributed by atoms with Crippen LogP contribution in [-0.2, 0) is 0 Å². The van der Waals surface area contributed by atoms with Crippen LogP contribution in [0.5, 0.6) is 0 Å². The lowest BCUT2D eigenvalue weighted by molar-refractivity contribution is -0.0326. The van der Waals surface area contributed by atoms with E-state index < -0.39 is 0 Å². The van der Waals surface area contributed by atoms with Gasteiger partial charge in [0.15, 0.2) is 0 Å². The molecule has 0 bridgehead atoms. The van der Waals surface area contributed by atoms with Crippen LogP contribution in [0.4, 0.5) is 0 Å². The topological polar surface area (TPSA) is 6.48 Å². The molecule has 2 heterocycles. The van der Waals surface area contributed by atoms with Crippen LogP contribution in [0.1, 0.15) is 58.8 Å². The van der Waals surface area contributed by atoms with E-state index in [-0.39, 0.29) is 0 Å². The van der Waals surface area contributed by atoms with Crippen LogP contribution in [0.25, 0.3) is 0 Å². The third-order valence-corrected chi connectivity index (χ3v) is 5.56. The highest BCUT2D eigenvalue weighted by molar-refractivity contribution is 4.99. The largest absolute Gasteiger partial charge is 0.298 e. The van der Waals surface area contributed by atoms with Crippen LogP contribution >= 0.6 is 0 Å². The van der Waals surface area contributed by atoms with Gasteiger partial charge >= 0.3 is 0 Å². The summed E-state index contributed by atoms with van der Waals surface area (Å²) >= 11 is 0. The number of rotatable bonds is 1. The lowest BCUT2D eigenvalue weighted by Crippen LogP contribution is -2.62. The number of piperazine rings is 1. The van der Waals surface area contributed by atoms with E-state index in [1.165, 1.54) is 64.6 Å². The van der Waals surface area contributed by atoms with Crippen LogP contribution in [0.2, 0.25) is 0 Å². The molecule has 0 spiro atoms. The molecule has 3 rings (SSSR count). The maximum Gasteiger partial charge on any atom is 0.0224 e. The van der Waals surface area contributed by atoms with Gasteiger partial charge in [0, 0.05) is 30.7 Å². The molecular weight excluding hydrogens is 208 g/mol. The summed E-state index contributed by atoms with van der Waals surface area (Å²) in [6.07, 6.45) is 10.1. The van der Waals surface area contributed by atoms with Gasteiger partial charge in [-0.25, -0.2) is 0 Å². The van der Waals surface area contributed by atoms with Crippen molar-refractivity contribution in [1.29, 1.82) is 0 Å². The predicted octanol–water partition coefficient (Wildman–Crippen LogP) is 2.88. The summed E-state index contributed by atoms with van der Waals surface area (Å²) < 4.78 is 0. The standard InChI is InChI=1S/C15H28N2/c1-13-11-16-10-6-7-14(16)12-17(13)15(2)8-4-3-5-9-15/h13-14H,3-12H2,1-2H3. The molecule has 3 aliphatic rings.